The molecule has 0 saturated heterocycles. The molecule has 92 valence electrons. The smallest absolute Gasteiger partial charge is 0.180 e. The first-order valence-corrected chi connectivity index (χ1v) is 6.18. The maximum absolute atomic E-state index is 11.0. The number of benzene rings is 2. The summed E-state index contributed by atoms with van der Waals surface area (Å²) >= 11 is 0. The molecule has 2 heteroatoms. The summed E-state index contributed by atoms with van der Waals surface area (Å²) in [4.78, 5) is 0. The van der Waals surface area contributed by atoms with E-state index in [-0.39, 0.29) is 0 Å². The Labute approximate surface area is 111 Å². The molecule has 2 aromatic carbocycles. The SMILES string of the molecule is [O-][n+]1ccc(/C=C/c2cccc3ccccc23)cc1. The molecule has 0 saturated carbocycles. The number of rotatable bonds is 2. The second-order valence-electron chi connectivity index (χ2n) is 4.39. The Bertz CT molecular complexity index is 724. The standard InChI is InChI=1S/C17H13NO/c19-18-12-10-14(11-13-18)8-9-16-6-3-5-15-4-1-2-7-17(15)16/h1-13H/b9-8+. The fourth-order valence-electron chi connectivity index (χ4n) is 2.12. The molecule has 1 aromatic heterocycles. The van der Waals surface area contributed by atoms with Gasteiger partial charge in [-0.2, -0.15) is 4.73 Å². The Morgan fingerprint density at radius 3 is 2.37 bits per heavy atom. The van der Waals surface area contributed by atoms with Gasteiger partial charge in [0.05, 0.1) is 0 Å². The largest absolute Gasteiger partial charge is 0.619 e. The zero-order valence-corrected chi connectivity index (χ0v) is 10.4. The van der Waals surface area contributed by atoms with Crippen LogP contribution >= 0.6 is 0 Å². The molecule has 0 amide bonds. The van der Waals surface area contributed by atoms with E-state index in [1.54, 1.807) is 12.1 Å². The minimum absolute atomic E-state index is 0.787. The van der Waals surface area contributed by atoms with Crippen LogP contribution in [0.4, 0.5) is 0 Å². The Morgan fingerprint density at radius 1 is 0.789 bits per heavy atom. The topological polar surface area (TPSA) is 26.9 Å². The van der Waals surface area contributed by atoms with E-state index in [0.29, 0.717) is 0 Å². The molecule has 3 aromatic rings. The maximum atomic E-state index is 11.0. The van der Waals surface area contributed by atoms with Gasteiger partial charge in [-0.15, -0.1) is 0 Å². The average Bonchev–Trinajstić information content (AvgIpc) is 2.47. The summed E-state index contributed by atoms with van der Waals surface area (Å²) in [6.07, 6.45) is 7.10. The lowest BCUT2D eigenvalue weighted by atomic mass is 10.0. The molecule has 0 atom stereocenters. The van der Waals surface area contributed by atoms with E-state index >= 15 is 0 Å². The van der Waals surface area contributed by atoms with Crippen molar-refractivity contribution in [3.63, 3.8) is 0 Å². The van der Waals surface area contributed by atoms with Crippen molar-refractivity contribution in [3.05, 3.63) is 83.3 Å². The van der Waals surface area contributed by atoms with Gasteiger partial charge < -0.3 is 5.21 Å². The van der Waals surface area contributed by atoms with Gasteiger partial charge in [0.15, 0.2) is 12.4 Å². The van der Waals surface area contributed by atoms with Crippen LogP contribution in [0.3, 0.4) is 0 Å². The van der Waals surface area contributed by atoms with E-state index < -0.39 is 0 Å². The van der Waals surface area contributed by atoms with Crippen LogP contribution in [0.1, 0.15) is 11.1 Å². The summed E-state index contributed by atoms with van der Waals surface area (Å²) in [5.41, 5.74) is 2.19. The lowest BCUT2D eigenvalue weighted by molar-refractivity contribution is -0.605. The molecule has 2 nitrogen and oxygen atoms in total. The Balaban J connectivity index is 1.99. The molecule has 1 heterocycles. The van der Waals surface area contributed by atoms with Gasteiger partial charge >= 0.3 is 0 Å². The number of nitrogens with zero attached hydrogens (tertiary/aromatic N) is 1. The average molecular weight is 247 g/mol. The number of fused-ring (bicyclic) bond motifs is 1. The van der Waals surface area contributed by atoms with Gasteiger partial charge in [0.2, 0.25) is 0 Å². The van der Waals surface area contributed by atoms with Crippen LogP contribution in [-0.4, -0.2) is 0 Å². The quantitative estimate of drug-likeness (QED) is 0.501. The summed E-state index contributed by atoms with van der Waals surface area (Å²) in [7, 11) is 0. The van der Waals surface area contributed by atoms with Crippen LogP contribution in [0.25, 0.3) is 22.9 Å². The third-order valence-corrected chi connectivity index (χ3v) is 3.11. The fraction of sp³-hybridized carbons (Fsp3) is 0. The van der Waals surface area contributed by atoms with Crippen molar-refractivity contribution in [2.45, 2.75) is 0 Å². The predicted molar refractivity (Wildman–Crippen MR) is 78.3 cm³/mol. The monoisotopic (exact) mass is 247 g/mol. The molecule has 0 aliphatic carbocycles. The Morgan fingerprint density at radius 2 is 1.53 bits per heavy atom. The van der Waals surface area contributed by atoms with E-state index in [1.807, 2.05) is 18.2 Å². The van der Waals surface area contributed by atoms with Gasteiger partial charge in [-0.05, 0) is 21.9 Å². The molecule has 0 spiro atoms. The first-order chi connectivity index (χ1) is 9.33. The van der Waals surface area contributed by atoms with Crippen LogP contribution in [-0.2, 0) is 0 Å². The molecule has 19 heavy (non-hydrogen) atoms. The van der Waals surface area contributed by atoms with Gasteiger partial charge in [-0.1, -0.05) is 54.6 Å². The highest BCUT2D eigenvalue weighted by Gasteiger charge is 1.96. The summed E-state index contributed by atoms with van der Waals surface area (Å²) in [6.45, 7) is 0. The first-order valence-electron chi connectivity index (χ1n) is 6.18. The van der Waals surface area contributed by atoms with E-state index in [2.05, 4.69) is 36.4 Å². The fourth-order valence-corrected chi connectivity index (χ4v) is 2.12. The van der Waals surface area contributed by atoms with Crippen molar-refractivity contribution < 1.29 is 4.73 Å². The lowest BCUT2D eigenvalue weighted by Gasteiger charge is -2.01. The van der Waals surface area contributed by atoms with Crippen molar-refractivity contribution in [3.8, 4) is 0 Å². The third kappa shape index (κ3) is 2.47. The lowest BCUT2D eigenvalue weighted by Crippen LogP contribution is -2.23. The third-order valence-electron chi connectivity index (χ3n) is 3.11. The number of hydrogen-bond acceptors (Lipinski definition) is 1. The van der Waals surface area contributed by atoms with Gasteiger partial charge in [0.25, 0.3) is 0 Å². The first kappa shape index (κ1) is 11.5. The van der Waals surface area contributed by atoms with Gasteiger partial charge in [-0.3, -0.25) is 0 Å². The molecule has 0 aliphatic heterocycles. The normalized spacial score (nSPS) is 11.2. The highest BCUT2D eigenvalue weighted by atomic mass is 16.5. The van der Waals surface area contributed by atoms with Crippen molar-refractivity contribution in [1.82, 2.24) is 0 Å². The molecular weight excluding hydrogens is 234 g/mol. The van der Waals surface area contributed by atoms with Crippen molar-refractivity contribution in [2.75, 3.05) is 0 Å². The van der Waals surface area contributed by atoms with E-state index in [1.165, 1.54) is 28.7 Å². The molecule has 0 fully saturated rings. The zero-order chi connectivity index (χ0) is 13.1. The highest BCUT2D eigenvalue weighted by Crippen LogP contribution is 2.20. The van der Waals surface area contributed by atoms with Crippen molar-refractivity contribution in [2.24, 2.45) is 0 Å². The molecule has 0 radical (unpaired) electrons. The summed E-state index contributed by atoms with van der Waals surface area (Å²) in [5.74, 6) is 0. The predicted octanol–water partition coefficient (Wildman–Crippen LogP) is 3.64. The number of hydrogen-bond donors (Lipinski definition) is 0. The minimum Gasteiger partial charge on any atom is -0.619 e. The molecule has 0 aliphatic rings. The van der Waals surface area contributed by atoms with Gasteiger partial charge in [0.1, 0.15) is 0 Å². The summed E-state index contributed by atoms with van der Waals surface area (Å²) in [6, 6.07) is 18.2. The number of pyridine rings is 1. The minimum atomic E-state index is 0.787. The Kier molecular flexibility index (Phi) is 2.99. The van der Waals surface area contributed by atoms with E-state index in [9.17, 15) is 5.21 Å². The molecule has 0 unspecified atom stereocenters. The van der Waals surface area contributed by atoms with Gasteiger partial charge in [0, 0.05) is 12.1 Å². The second-order valence-corrected chi connectivity index (χ2v) is 4.39. The van der Waals surface area contributed by atoms with Crippen LogP contribution in [0, 0.1) is 5.21 Å². The summed E-state index contributed by atoms with van der Waals surface area (Å²) in [5, 5.41) is 13.4. The van der Waals surface area contributed by atoms with Crippen LogP contribution in [0.2, 0.25) is 0 Å². The van der Waals surface area contributed by atoms with Crippen molar-refractivity contribution >= 4 is 22.9 Å². The van der Waals surface area contributed by atoms with Crippen LogP contribution < -0.4 is 4.73 Å². The van der Waals surface area contributed by atoms with Crippen LogP contribution in [0.5, 0.6) is 0 Å². The molecule has 3 rings (SSSR count). The molecule has 0 bridgehead atoms. The maximum Gasteiger partial charge on any atom is 0.180 e. The van der Waals surface area contributed by atoms with Crippen molar-refractivity contribution in [1.29, 1.82) is 0 Å². The molecular formula is C17H13NO. The van der Waals surface area contributed by atoms with E-state index in [0.717, 1.165) is 10.3 Å². The summed E-state index contributed by atoms with van der Waals surface area (Å²) < 4.78 is 0.787. The zero-order valence-electron chi connectivity index (χ0n) is 10.4. The Hall–Kier alpha value is -2.61. The van der Waals surface area contributed by atoms with Gasteiger partial charge in [-0.25, -0.2) is 0 Å². The highest BCUT2D eigenvalue weighted by molar-refractivity contribution is 5.92. The van der Waals surface area contributed by atoms with E-state index in [4.69, 9.17) is 0 Å². The van der Waals surface area contributed by atoms with Crippen LogP contribution in [0.15, 0.2) is 67.0 Å². The number of aromatic nitrogens is 1. The second kappa shape index (κ2) is 4.94. The molecule has 0 N–H and O–H groups in total.